The predicted octanol–water partition coefficient (Wildman–Crippen LogP) is 4.12. The summed E-state index contributed by atoms with van der Waals surface area (Å²) in [6.45, 7) is 1.62. The van der Waals surface area contributed by atoms with E-state index in [9.17, 15) is 20.0 Å². The lowest BCUT2D eigenvalue weighted by Gasteiger charge is -2.11. The molecule has 0 aliphatic heterocycles. The van der Waals surface area contributed by atoms with Crippen molar-refractivity contribution in [2.45, 2.75) is 6.92 Å². The van der Waals surface area contributed by atoms with Crippen molar-refractivity contribution in [3.8, 4) is 6.07 Å². The second kappa shape index (κ2) is 10.1. The zero-order valence-corrected chi connectivity index (χ0v) is 16.6. The Hall–Kier alpha value is -3.37. The highest BCUT2D eigenvalue weighted by molar-refractivity contribution is 9.10. The molecule has 2 N–H and O–H groups in total. The van der Waals surface area contributed by atoms with Gasteiger partial charge in [0.2, 0.25) is 0 Å². The van der Waals surface area contributed by atoms with E-state index in [1.54, 1.807) is 67.6 Å². The maximum absolute atomic E-state index is 12.5. The van der Waals surface area contributed by atoms with Crippen LogP contribution in [0.2, 0.25) is 0 Å². The largest absolute Gasteiger partial charge is 0.504 e. The molecule has 0 saturated carbocycles. The van der Waals surface area contributed by atoms with Crippen LogP contribution >= 0.6 is 15.9 Å². The molecular weight excluding hydrogens is 424 g/mol. The molecule has 2 aromatic carbocycles. The summed E-state index contributed by atoms with van der Waals surface area (Å²) in [5.74, 6) is -2.15. The maximum atomic E-state index is 12.5. The number of carbonyl (C=O) groups is 2. The van der Waals surface area contributed by atoms with Gasteiger partial charge in [-0.15, -0.1) is 0 Å². The molecule has 0 atom stereocenters. The number of nitrogens with one attached hydrogen (secondary N) is 1. The van der Waals surface area contributed by atoms with Crippen LogP contribution in [0.4, 0.5) is 0 Å². The van der Waals surface area contributed by atoms with Gasteiger partial charge in [-0.1, -0.05) is 46.3 Å². The van der Waals surface area contributed by atoms with E-state index < -0.39 is 23.2 Å². The first kappa shape index (κ1) is 20.9. The number of esters is 1. The van der Waals surface area contributed by atoms with Crippen LogP contribution in [0, 0.1) is 11.3 Å². The lowest BCUT2D eigenvalue weighted by molar-refractivity contribution is -0.138. The van der Waals surface area contributed by atoms with E-state index in [0.717, 1.165) is 4.47 Å². The van der Waals surface area contributed by atoms with E-state index in [4.69, 9.17) is 4.74 Å². The van der Waals surface area contributed by atoms with Crippen LogP contribution in [0.5, 0.6) is 0 Å². The number of benzene rings is 2. The molecule has 0 aliphatic carbocycles. The topological polar surface area (TPSA) is 99.4 Å². The number of carbonyl (C=O) groups excluding carboxylic acids is 2. The molecule has 0 saturated heterocycles. The Morgan fingerprint density at radius 1 is 1.18 bits per heavy atom. The van der Waals surface area contributed by atoms with E-state index in [2.05, 4.69) is 21.2 Å². The number of hydrogen-bond acceptors (Lipinski definition) is 5. The van der Waals surface area contributed by atoms with Crippen LogP contribution in [-0.2, 0) is 9.53 Å². The highest BCUT2D eigenvalue weighted by atomic mass is 79.9. The smallest absolute Gasteiger partial charge is 0.352 e. The van der Waals surface area contributed by atoms with Crippen LogP contribution < -0.4 is 5.32 Å². The fraction of sp³-hybridized carbons (Fsp3) is 0.0952. The van der Waals surface area contributed by atoms with Gasteiger partial charge in [0.1, 0.15) is 6.07 Å². The minimum atomic E-state index is -0.974. The fourth-order valence-corrected chi connectivity index (χ4v) is 2.47. The zero-order valence-electron chi connectivity index (χ0n) is 15.0. The molecule has 28 heavy (non-hydrogen) atoms. The van der Waals surface area contributed by atoms with Gasteiger partial charge in [-0.3, -0.25) is 4.79 Å². The molecule has 2 rings (SSSR count). The number of halogens is 1. The molecule has 0 aliphatic rings. The second-order valence-corrected chi connectivity index (χ2v) is 6.40. The molecular formula is C21H17BrN2O4. The van der Waals surface area contributed by atoms with Gasteiger partial charge in [0.25, 0.3) is 5.91 Å². The summed E-state index contributed by atoms with van der Waals surface area (Å²) in [7, 11) is 0. The number of ether oxygens (including phenoxy) is 1. The molecule has 0 spiro atoms. The van der Waals surface area contributed by atoms with Crippen molar-refractivity contribution in [3.63, 3.8) is 0 Å². The number of rotatable bonds is 6. The van der Waals surface area contributed by atoms with E-state index in [1.807, 2.05) is 0 Å². The van der Waals surface area contributed by atoms with Crippen LogP contribution in [0.1, 0.15) is 22.8 Å². The summed E-state index contributed by atoms with van der Waals surface area (Å²) in [6.07, 6.45) is 1.46. The molecule has 6 nitrogen and oxygen atoms in total. The SMILES string of the molecule is CCOC(=O)C(C#N)=C(O)C(=Cc1ccc(Br)cc1)NC(=O)c1ccccc1. The molecule has 0 bridgehead atoms. The number of aliphatic hydroxyl groups excluding tert-OH is 1. The first-order valence-corrected chi connectivity index (χ1v) is 9.10. The van der Waals surface area contributed by atoms with Crippen LogP contribution in [-0.4, -0.2) is 23.6 Å². The minimum Gasteiger partial charge on any atom is -0.504 e. The zero-order chi connectivity index (χ0) is 20.5. The van der Waals surface area contributed by atoms with Gasteiger partial charge in [-0.05, 0) is 42.8 Å². The Morgan fingerprint density at radius 3 is 2.39 bits per heavy atom. The van der Waals surface area contributed by atoms with Crippen molar-refractivity contribution < 1.29 is 19.4 Å². The summed E-state index contributed by atoms with van der Waals surface area (Å²) in [6, 6.07) is 17.0. The monoisotopic (exact) mass is 440 g/mol. The molecule has 1 amide bonds. The van der Waals surface area contributed by atoms with Crippen molar-refractivity contribution in [1.82, 2.24) is 5.32 Å². The third-order valence-electron chi connectivity index (χ3n) is 3.55. The normalized spacial score (nSPS) is 11.8. The Labute approximate surface area is 170 Å². The Bertz CT molecular complexity index is 958. The van der Waals surface area contributed by atoms with Crippen molar-refractivity contribution >= 4 is 33.9 Å². The van der Waals surface area contributed by atoms with Crippen molar-refractivity contribution in [2.24, 2.45) is 0 Å². The maximum Gasteiger partial charge on any atom is 0.352 e. The lowest BCUT2D eigenvalue weighted by atomic mass is 10.1. The second-order valence-electron chi connectivity index (χ2n) is 5.49. The van der Waals surface area contributed by atoms with Gasteiger partial charge in [0.15, 0.2) is 11.3 Å². The quantitative estimate of drug-likeness (QED) is 0.231. The Morgan fingerprint density at radius 2 is 1.82 bits per heavy atom. The standard InChI is InChI=1S/C21H17BrN2O4/c1-2-28-21(27)17(13-23)19(25)18(12-14-8-10-16(22)11-9-14)24-20(26)15-6-4-3-5-7-15/h3-12,25H,2H2,1H3,(H,24,26). The molecule has 0 aromatic heterocycles. The van der Waals surface area contributed by atoms with Gasteiger partial charge in [0, 0.05) is 10.0 Å². The highest BCUT2D eigenvalue weighted by Crippen LogP contribution is 2.18. The highest BCUT2D eigenvalue weighted by Gasteiger charge is 2.21. The summed E-state index contributed by atoms with van der Waals surface area (Å²) >= 11 is 3.33. The third-order valence-corrected chi connectivity index (χ3v) is 4.08. The van der Waals surface area contributed by atoms with Gasteiger partial charge >= 0.3 is 5.97 Å². The van der Waals surface area contributed by atoms with Crippen molar-refractivity contribution in [2.75, 3.05) is 6.61 Å². The first-order chi connectivity index (χ1) is 13.5. The van der Waals surface area contributed by atoms with E-state index in [-0.39, 0.29) is 12.3 Å². The molecule has 142 valence electrons. The van der Waals surface area contributed by atoms with E-state index in [1.165, 1.54) is 6.08 Å². The summed E-state index contributed by atoms with van der Waals surface area (Å²) in [5.41, 5.74) is 0.297. The number of nitriles is 1. The number of amides is 1. The Balaban J connectivity index is 2.49. The minimum absolute atomic E-state index is 0.0411. The lowest BCUT2D eigenvalue weighted by Crippen LogP contribution is -2.25. The molecule has 0 heterocycles. The van der Waals surface area contributed by atoms with Gasteiger partial charge in [0.05, 0.1) is 12.3 Å². The summed E-state index contributed by atoms with van der Waals surface area (Å²) < 4.78 is 5.65. The van der Waals surface area contributed by atoms with Gasteiger partial charge in [-0.2, -0.15) is 5.26 Å². The van der Waals surface area contributed by atoms with Crippen molar-refractivity contribution in [3.05, 3.63) is 87.2 Å². The molecule has 0 radical (unpaired) electrons. The summed E-state index contributed by atoms with van der Waals surface area (Å²) in [5, 5.41) is 22.4. The van der Waals surface area contributed by atoms with Crippen LogP contribution in [0.3, 0.4) is 0 Å². The Kier molecular flexibility index (Phi) is 7.55. The predicted molar refractivity (Wildman–Crippen MR) is 108 cm³/mol. The third kappa shape index (κ3) is 5.56. The van der Waals surface area contributed by atoms with Crippen molar-refractivity contribution in [1.29, 1.82) is 5.26 Å². The van der Waals surface area contributed by atoms with Gasteiger partial charge < -0.3 is 15.2 Å². The fourth-order valence-electron chi connectivity index (χ4n) is 2.21. The van der Waals surface area contributed by atoms with Crippen LogP contribution in [0.15, 0.2) is 76.1 Å². The molecule has 2 aromatic rings. The molecule has 0 unspecified atom stereocenters. The number of nitrogens with zero attached hydrogens (tertiary/aromatic N) is 1. The average molecular weight is 441 g/mol. The molecule has 0 fully saturated rings. The average Bonchev–Trinajstić information content (AvgIpc) is 2.70. The number of hydrogen-bond donors (Lipinski definition) is 2. The van der Waals surface area contributed by atoms with Crippen LogP contribution in [0.25, 0.3) is 6.08 Å². The summed E-state index contributed by atoms with van der Waals surface area (Å²) in [4.78, 5) is 24.5. The molecule has 7 heteroatoms. The first-order valence-electron chi connectivity index (χ1n) is 8.30. The number of aliphatic hydroxyl groups is 1. The van der Waals surface area contributed by atoms with Gasteiger partial charge in [-0.25, -0.2) is 4.79 Å². The van der Waals surface area contributed by atoms with E-state index in [0.29, 0.717) is 11.1 Å². The van der Waals surface area contributed by atoms with E-state index >= 15 is 0 Å².